The van der Waals surface area contributed by atoms with Gasteiger partial charge in [0.15, 0.2) is 5.69 Å². The van der Waals surface area contributed by atoms with E-state index in [1.54, 1.807) is 17.5 Å². The molecule has 4 aromatic rings. The molecule has 0 bridgehead atoms. The van der Waals surface area contributed by atoms with Gasteiger partial charge in [-0.25, -0.2) is 10.1 Å². The van der Waals surface area contributed by atoms with Crippen molar-refractivity contribution in [2.24, 2.45) is 5.10 Å². The van der Waals surface area contributed by atoms with E-state index in [4.69, 9.17) is 5.73 Å². The number of hydrogen-bond acceptors (Lipinski definition) is 9. The van der Waals surface area contributed by atoms with Crippen LogP contribution in [-0.4, -0.2) is 37.4 Å². The molecule has 3 N–H and O–H groups in total. The van der Waals surface area contributed by atoms with Crippen LogP contribution in [0.4, 0.5) is 19.0 Å². The standard InChI is InChI=1S/C17H11F3N8O2S/c18-17(19,20)10-5-2-1-4-9(10)8-22-24-16(29)12-13(11-6-3-7-31-11)28(27-23-12)15-14(21)25-30-26-15/h1-8H,(H2,21,25)(H,24,29). The number of hydrogen-bond donors (Lipinski definition) is 2. The average molecular weight is 448 g/mol. The molecule has 31 heavy (non-hydrogen) atoms. The number of nitrogens with zero attached hydrogens (tertiary/aromatic N) is 6. The molecule has 3 heterocycles. The van der Waals surface area contributed by atoms with Crippen LogP contribution in [0.25, 0.3) is 16.4 Å². The SMILES string of the molecule is Nc1nonc1-n1nnc(C(=O)NN=Cc2ccccc2C(F)(F)F)c1-c1cccs1. The summed E-state index contributed by atoms with van der Waals surface area (Å²) in [5.74, 6) is -0.848. The van der Waals surface area contributed by atoms with Crippen LogP contribution in [0.1, 0.15) is 21.6 Å². The highest BCUT2D eigenvalue weighted by atomic mass is 32.1. The molecule has 3 aromatic heterocycles. The largest absolute Gasteiger partial charge is 0.417 e. The van der Waals surface area contributed by atoms with Gasteiger partial charge in [0, 0.05) is 5.56 Å². The smallest absolute Gasteiger partial charge is 0.378 e. The van der Waals surface area contributed by atoms with Crippen LogP contribution in [0, 0.1) is 0 Å². The zero-order valence-electron chi connectivity index (χ0n) is 15.2. The molecular formula is C17H11F3N8O2S. The van der Waals surface area contributed by atoms with Crippen LogP contribution in [-0.2, 0) is 6.18 Å². The molecule has 0 atom stereocenters. The predicted molar refractivity (Wildman–Crippen MR) is 103 cm³/mol. The lowest BCUT2D eigenvalue weighted by atomic mass is 10.1. The number of amides is 1. The van der Waals surface area contributed by atoms with Gasteiger partial charge in [0.2, 0.25) is 11.6 Å². The second-order valence-corrected chi connectivity index (χ2v) is 6.88. The molecule has 14 heteroatoms. The zero-order chi connectivity index (χ0) is 22.0. The number of anilines is 1. The van der Waals surface area contributed by atoms with Crippen LogP contribution in [0.3, 0.4) is 0 Å². The summed E-state index contributed by atoms with van der Waals surface area (Å²) in [5, 5.41) is 20.2. The molecule has 4 rings (SSSR count). The maximum atomic E-state index is 13.1. The summed E-state index contributed by atoms with van der Waals surface area (Å²) >= 11 is 1.29. The number of nitrogen functional groups attached to an aromatic ring is 1. The Balaban J connectivity index is 1.64. The molecular weight excluding hydrogens is 437 g/mol. The van der Waals surface area contributed by atoms with Gasteiger partial charge in [-0.15, -0.1) is 16.4 Å². The second kappa shape index (κ2) is 7.98. The lowest BCUT2D eigenvalue weighted by molar-refractivity contribution is -0.137. The first-order valence-corrected chi connectivity index (χ1v) is 9.32. The van der Waals surface area contributed by atoms with Gasteiger partial charge in [-0.3, -0.25) is 4.79 Å². The van der Waals surface area contributed by atoms with Crippen molar-refractivity contribution in [2.45, 2.75) is 6.18 Å². The number of aromatic nitrogens is 5. The molecule has 1 aromatic carbocycles. The third kappa shape index (κ3) is 4.00. The van der Waals surface area contributed by atoms with Crippen LogP contribution in [0.5, 0.6) is 0 Å². The van der Waals surface area contributed by atoms with Gasteiger partial charge in [-0.1, -0.05) is 29.5 Å². The van der Waals surface area contributed by atoms with E-state index >= 15 is 0 Å². The molecule has 0 spiro atoms. The summed E-state index contributed by atoms with van der Waals surface area (Å²) in [6, 6.07) is 8.29. The maximum Gasteiger partial charge on any atom is 0.417 e. The number of nitrogens with two attached hydrogens (primary N) is 1. The summed E-state index contributed by atoms with van der Waals surface area (Å²) in [6.45, 7) is 0. The summed E-state index contributed by atoms with van der Waals surface area (Å²) in [5.41, 5.74) is 6.87. The Morgan fingerprint density at radius 3 is 2.71 bits per heavy atom. The van der Waals surface area contributed by atoms with Crippen molar-refractivity contribution in [1.82, 2.24) is 30.7 Å². The molecule has 0 aliphatic heterocycles. The topological polar surface area (TPSA) is 137 Å². The van der Waals surface area contributed by atoms with E-state index in [9.17, 15) is 18.0 Å². The van der Waals surface area contributed by atoms with Gasteiger partial charge in [-0.05, 0) is 27.8 Å². The third-order valence-electron chi connectivity index (χ3n) is 3.97. The first-order chi connectivity index (χ1) is 14.9. The molecule has 0 unspecified atom stereocenters. The van der Waals surface area contributed by atoms with E-state index < -0.39 is 17.6 Å². The molecule has 0 saturated carbocycles. The lowest BCUT2D eigenvalue weighted by Gasteiger charge is -2.09. The molecule has 0 aliphatic rings. The number of rotatable bonds is 5. The summed E-state index contributed by atoms with van der Waals surface area (Å²) in [6.07, 6.45) is -3.66. The minimum absolute atomic E-state index is 0.0255. The number of carbonyl (C=O) groups is 1. The fourth-order valence-electron chi connectivity index (χ4n) is 2.64. The van der Waals surface area contributed by atoms with Crippen molar-refractivity contribution in [1.29, 1.82) is 0 Å². The number of alkyl halides is 3. The molecule has 0 fully saturated rings. The molecule has 0 saturated heterocycles. The van der Waals surface area contributed by atoms with Crippen molar-refractivity contribution in [2.75, 3.05) is 5.73 Å². The Kier molecular flexibility index (Phi) is 5.21. The minimum atomic E-state index is -4.56. The predicted octanol–water partition coefficient (Wildman–Crippen LogP) is 2.74. The first kappa shape index (κ1) is 20.2. The van der Waals surface area contributed by atoms with E-state index in [0.717, 1.165) is 12.3 Å². The van der Waals surface area contributed by atoms with Crippen LogP contribution in [0.2, 0.25) is 0 Å². The van der Waals surface area contributed by atoms with Gasteiger partial charge in [0.25, 0.3) is 5.91 Å². The van der Waals surface area contributed by atoms with Gasteiger partial charge >= 0.3 is 6.18 Å². The van der Waals surface area contributed by atoms with E-state index in [2.05, 4.69) is 35.8 Å². The Bertz CT molecular complexity index is 1250. The number of carbonyl (C=O) groups excluding carboxylic acids is 1. The Morgan fingerprint density at radius 1 is 1.23 bits per heavy atom. The highest BCUT2D eigenvalue weighted by molar-refractivity contribution is 7.13. The van der Waals surface area contributed by atoms with Crippen molar-refractivity contribution in [3.8, 4) is 16.4 Å². The van der Waals surface area contributed by atoms with Crippen molar-refractivity contribution in [3.05, 3.63) is 58.6 Å². The number of thiophene rings is 1. The van der Waals surface area contributed by atoms with Gasteiger partial charge < -0.3 is 5.73 Å². The fraction of sp³-hybridized carbons (Fsp3) is 0.0588. The number of benzene rings is 1. The number of nitrogens with one attached hydrogen (secondary N) is 1. The summed E-state index contributed by atoms with van der Waals surface area (Å²) in [7, 11) is 0. The highest BCUT2D eigenvalue weighted by Gasteiger charge is 2.32. The molecule has 1 amide bonds. The van der Waals surface area contributed by atoms with E-state index in [1.807, 2.05) is 0 Å². The van der Waals surface area contributed by atoms with Crippen LogP contribution >= 0.6 is 11.3 Å². The third-order valence-corrected chi connectivity index (χ3v) is 4.85. The Labute approximate surface area is 175 Å². The summed E-state index contributed by atoms with van der Waals surface area (Å²) < 4.78 is 45.0. The van der Waals surface area contributed by atoms with Crippen molar-refractivity contribution >= 4 is 29.3 Å². The van der Waals surface area contributed by atoms with Crippen LogP contribution < -0.4 is 11.2 Å². The Hall–Kier alpha value is -4.07. The number of halogens is 3. The lowest BCUT2D eigenvalue weighted by Crippen LogP contribution is -2.19. The summed E-state index contributed by atoms with van der Waals surface area (Å²) in [4.78, 5) is 13.3. The zero-order valence-corrected chi connectivity index (χ0v) is 16.1. The van der Waals surface area contributed by atoms with E-state index in [-0.39, 0.29) is 28.6 Å². The van der Waals surface area contributed by atoms with E-state index in [0.29, 0.717) is 4.88 Å². The maximum absolute atomic E-state index is 13.1. The van der Waals surface area contributed by atoms with Crippen molar-refractivity contribution < 1.29 is 22.6 Å². The van der Waals surface area contributed by atoms with Gasteiger partial charge in [0.1, 0.15) is 5.69 Å². The van der Waals surface area contributed by atoms with Crippen LogP contribution in [0.15, 0.2) is 51.5 Å². The fourth-order valence-corrected chi connectivity index (χ4v) is 3.39. The van der Waals surface area contributed by atoms with Gasteiger partial charge in [0.05, 0.1) is 16.7 Å². The Morgan fingerprint density at radius 2 is 2.03 bits per heavy atom. The average Bonchev–Trinajstić information content (AvgIpc) is 3.47. The first-order valence-electron chi connectivity index (χ1n) is 8.44. The monoisotopic (exact) mass is 448 g/mol. The molecule has 158 valence electrons. The second-order valence-electron chi connectivity index (χ2n) is 5.93. The molecule has 10 nitrogen and oxygen atoms in total. The molecule has 0 aliphatic carbocycles. The normalized spacial score (nSPS) is 11.8. The van der Waals surface area contributed by atoms with E-state index in [1.165, 1.54) is 34.2 Å². The molecule has 0 radical (unpaired) electrons. The van der Waals surface area contributed by atoms with Crippen molar-refractivity contribution in [3.63, 3.8) is 0 Å². The van der Waals surface area contributed by atoms with Gasteiger partial charge in [-0.2, -0.15) is 23.0 Å². The highest BCUT2D eigenvalue weighted by Crippen LogP contribution is 2.31. The minimum Gasteiger partial charge on any atom is -0.378 e. The quantitative estimate of drug-likeness (QED) is 0.354. The number of hydrazone groups is 1.